The Labute approximate surface area is 173 Å². The van der Waals surface area contributed by atoms with E-state index in [0.717, 1.165) is 40.3 Å². The second-order valence-electron chi connectivity index (χ2n) is 6.85. The fourth-order valence-corrected chi connectivity index (χ4v) is 4.05. The van der Waals surface area contributed by atoms with Gasteiger partial charge in [-0.3, -0.25) is 0 Å². The maximum absolute atomic E-state index is 14.1. The zero-order valence-electron chi connectivity index (χ0n) is 15.3. The maximum Gasteiger partial charge on any atom is 0.348 e. The van der Waals surface area contributed by atoms with Crippen molar-refractivity contribution in [3.05, 3.63) is 71.2 Å². The Kier molecular flexibility index (Phi) is 4.35. The second kappa shape index (κ2) is 7.04. The highest BCUT2D eigenvalue weighted by atomic mass is 79.9. The van der Waals surface area contributed by atoms with Crippen LogP contribution in [-0.4, -0.2) is 29.6 Å². The van der Waals surface area contributed by atoms with E-state index in [0.29, 0.717) is 16.9 Å². The monoisotopic (exact) mass is 453 g/mol. The summed E-state index contributed by atoms with van der Waals surface area (Å²) in [6, 6.07) is 12.5. The number of rotatable bonds is 5. The van der Waals surface area contributed by atoms with Gasteiger partial charge in [0.2, 0.25) is 0 Å². The molecule has 6 nitrogen and oxygen atoms in total. The van der Waals surface area contributed by atoms with E-state index in [1.165, 1.54) is 16.7 Å². The molecule has 2 aromatic carbocycles. The Balaban J connectivity index is 1.77. The molecule has 0 aliphatic carbocycles. The van der Waals surface area contributed by atoms with E-state index in [-0.39, 0.29) is 11.5 Å². The predicted octanol–water partition coefficient (Wildman–Crippen LogP) is 4.59. The Morgan fingerprint density at radius 1 is 1.14 bits per heavy atom. The highest BCUT2D eigenvalue weighted by molar-refractivity contribution is 9.09. The van der Waals surface area contributed by atoms with Crippen molar-refractivity contribution >= 4 is 37.7 Å². The number of nitrogens with zero attached hydrogens (tertiary/aromatic N) is 3. The molecule has 146 valence electrons. The first-order valence-electron chi connectivity index (χ1n) is 9.26. The Morgan fingerprint density at radius 2 is 2.00 bits per heavy atom. The zero-order valence-corrected chi connectivity index (χ0v) is 16.9. The lowest BCUT2D eigenvalue weighted by atomic mass is 10.1. The molecule has 0 amide bonds. The third-order valence-electron chi connectivity index (χ3n) is 5.10. The normalized spacial score (nSPS) is 11.7. The summed E-state index contributed by atoms with van der Waals surface area (Å²) in [6.45, 7) is 0.752. The quantitative estimate of drug-likeness (QED) is 0.382. The number of nitrogens with one attached hydrogen (secondary N) is 2. The van der Waals surface area contributed by atoms with Crippen LogP contribution in [0.5, 0.6) is 0 Å². The van der Waals surface area contributed by atoms with Gasteiger partial charge >= 0.3 is 5.69 Å². The SMILES string of the molecule is O=c1[nH]nc(-c2c[nH]c3ccccc23)n1-c1cn(CCCBr)c2ccc(F)cc12. The van der Waals surface area contributed by atoms with Crippen LogP contribution >= 0.6 is 15.9 Å². The Morgan fingerprint density at radius 3 is 2.86 bits per heavy atom. The minimum atomic E-state index is -0.367. The molecule has 0 spiro atoms. The van der Waals surface area contributed by atoms with Crippen LogP contribution in [0.1, 0.15) is 6.42 Å². The zero-order chi connectivity index (χ0) is 20.0. The summed E-state index contributed by atoms with van der Waals surface area (Å²) in [5, 5.41) is 9.32. The molecule has 0 aliphatic heterocycles. The number of halogens is 2. The minimum Gasteiger partial charge on any atom is -0.360 e. The first kappa shape index (κ1) is 17.9. The van der Waals surface area contributed by atoms with Gasteiger partial charge in [0.25, 0.3) is 0 Å². The van der Waals surface area contributed by atoms with Crippen molar-refractivity contribution in [3.63, 3.8) is 0 Å². The van der Waals surface area contributed by atoms with Gasteiger partial charge in [0.1, 0.15) is 5.82 Å². The molecule has 0 unspecified atom stereocenters. The predicted molar refractivity (Wildman–Crippen MR) is 115 cm³/mol. The van der Waals surface area contributed by atoms with Crippen molar-refractivity contribution < 1.29 is 4.39 Å². The van der Waals surface area contributed by atoms with Gasteiger partial charge in [-0.2, -0.15) is 5.10 Å². The summed E-state index contributed by atoms with van der Waals surface area (Å²) in [4.78, 5) is 16.0. The van der Waals surface area contributed by atoms with E-state index in [9.17, 15) is 9.18 Å². The van der Waals surface area contributed by atoms with Crippen LogP contribution in [0.2, 0.25) is 0 Å². The average molecular weight is 454 g/mol. The molecule has 29 heavy (non-hydrogen) atoms. The number of hydrogen-bond donors (Lipinski definition) is 2. The van der Waals surface area contributed by atoms with E-state index >= 15 is 0 Å². The van der Waals surface area contributed by atoms with Gasteiger partial charge in [0.05, 0.1) is 11.2 Å². The third kappa shape index (κ3) is 2.91. The van der Waals surface area contributed by atoms with Crippen LogP contribution < -0.4 is 5.69 Å². The first-order chi connectivity index (χ1) is 14.2. The number of hydrogen-bond acceptors (Lipinski definition) is 2. The number of fused-ring (bicyclic) bond motifs is 2. The van der Waals surface area contributed by atoms with Crippen molar-refractivity contribution in [1.82, 2.24) is 24.3 Å². The molecule has 0 fully saturated rings. The molecule has 5 aromatic rings. The Hall–Kier alpha value is -3.13. The fourth-order valence-electron chi connectivity index (χ4n) is 3.80. The molecule has 0 radical (unpaired) electrons. The van der Waals surface area contributed by atoms with Gasteiger partial charge in [-0.05, 0) is 30.7 Å². The number of benzene rings is 2. The van der Waals surface area contributed by atoms with Crippen LogP contribution in [-0.2, 0) is 6.54 Å². The van der Waals surface area contributed by atoms with E-state index in [1.54, 1.807) is 6.07 Å². The highest BCUT2D eigenvalue weighted by Crippen LogP contribution is 2.31. The van der Waals surface area contributed by atoms with Gasteiger partial charge in [-0.1, -0.05) is 34.1 Å². The van der Waals surface area contributed by atoms with Crippen molar-refractivity contribution in [3.8, 4) is 17.1 Å². The van der Waals surface area contributed by atoms with Crippen molar-refractivity contribution in [2.45, 2.75) is 13.0 Å². The molecule has 0 saturated carbocycles. The molecule has 5 rings (SSSR count). The lowest BCUT2D eigenvalue weighted by molar-refractivity contribution is 0.629. The third-order valence-corrected chi connectivity index (χ3v) is 5.66. The van der Waals surface area contributed by atoms with E-state index in [1.807, 2.05) is 41.2 Å². The van der Waals surface area contributed by atoms with Gasteiger partial charge < -0.3 is 9.55 Å². The number of aryl methyl sites for hydroxylation is 1. The summed E-state index contributed by atoms with van der Waals surface area (Å²) in [6.07, 6.45) is 4.64. The summed E-state index contributed by atoms with van der Waals surface area (Å²) < 4.78 is 17.6. The van der Waals surface area contributed by atoms with Crippen molar-refractivity contribution in [2.24, 2.45) is 0 Å². The molecule has 2 N–H and O–H groups in total. The highest BCUT2D eigenvalue weighted by Gasteiger charge is 2.20. The van der Waals surface area contributed by atoms with Gasteiger partial charge in [0.15, 0.2) is 5.82 Å². The molecule has 8 heteroatoms. The molecule has 0 bridgehead atoms. The summed E-state index contributed by atoms with van der Waals surface area (Å²) in [7, 11) is 0. The van der Waals surface area contributed by atoms with Gasteiger partial charge in [-0.15, -0.1) is 0 Å². The summed E-state index contributed by atoms with van der Waals surface area (Å²) >= 11 is 3.45. The second-order valence-corrected chi connectivity index (χ2v) is 7.64. The number of aromatic amines is 2. The topological polar surface area (TPSA) is 71.4 Å². The first-order valence-corrected chi connectivity index (χ1v) is 10.4. The van der Waals surface area contributed by atoms with E-state index < -0.39 is 0 Å². The van der Waals surface area contributed by atoms with Crippen molar-refractivity contribution in [2.75, 3.05) is 5.33 Å². The van der Waals surface area contributed by atoms with E-state index in [2.05, 4.69) is 31.1 Å². The van der Waals surface area contributed by atoms with E-state index in [4.69, 9.17) is 0 Å². The largest absolute Gasteiger partial charge is 0.360 e. The van der Waals surface area contributed by atoms with Crippen LogP contribution in [0.4, 0.5) is 4.39 Å². The number of aromatic nitrogens is 5. The standard InChI is InChI=1S/C21H17BrFN5O/c22-8-3-9-27-12-19(15-10-13(23)6-7-18(15)27)28-20(25-26-21(28)29)16-11-24-17-5-2-1-4-14(16)17/h1-2,4-7,10-12,24H,3,8-9H2,(H,26,29). The fraction of sp³-hybridized carbons (Fsp3) is 0.143. The summed E-state index contributed by atoms with van der Waals surface area (Å²) in [5.41, 5.74) is 2.87. The molecule has 3 heterocycles. The van der Waals surface area contributed by atoms with Gasteiger partial charge in [-0.25, -0.2) is 18.9 Å². The number of para-hydroxylation sites is 1. The number of alkyl halides is 1. The van der Waals surface area contributed by atoms with Crippen LogP contribution in [0.15, 0.2) is 59.7 Å². The molecule has 3 aromatic heterocycles. The average Bonchev–Trinajstić information content (AvgIpc) is 3.41. The molecule has 0 atom stereocenters. The Bertz CT molecular complexity index is 1390. The van der Waals surface area contributed by atoms with Gasteiger partial charge in [0, 0.05) is 46.1 Å². The lowest BCUT2D eigenvalue weighted by Crippen LogP contribution is -2.15. The number of H-pyrrole nitrogens is 2. The smallest absolute Gasteiger partial charge is 0.348 e. The minimum absolute atomic E-state index is 0.345. The van der Waals surface area contributed by atoms with Crippen LogP contribution in [0, 0.1) is 5.82 Å². The summed E-state index contributed by atoms with van der Waals surface area (Å²) in [5.74, 6) is 0.137. The van der Waals surface area contributed by atoms with Crippen LogP contribution in [0.25, 0.3) is 38.9 Å². The molecular weight excluding hydrogens is 437 g/mol. The molecule has 0 aliphatic rings. The maximum atomic E-state index is 14.1. The van der Waals surface area contributed by atoms with Crippen LogP contribution in [0.3, 0.4) is 0 Å². The lowest BCUT2D eigenvalue weighted by Gasteiger charge is -2.04. The van der Waals surface area contributed by atoms with Crippen molar-refractivity contribution in [1.29, 1.82) is 0 Å². The molecule has 0 saturated heterocycles. The molecular formula is C21H17BrFN5O.